The highest BCUT2D eigenvalue weighted by Gasteiger charge is 2.46. The topological polar surface area (TPSA) is 41.8 Å². The second kappa shape index (κ2) is 6.04. The molecule has 1 N–H and O–H groups in total. The van der Waals surface area contributed by atoms with Crippen LogP contribution in [0.15, 0.2) is 48.5 Å². The van der Waals surface area contributed by atoms with Gasteiger partial charge in [-0.15, -0.1) is 0 Å². The van der Waals surface area contributed by atoms with Crippen molar-refractivity contribution in [1.29, 1.82) is 0 Å². The van der Waals surface area contributed by atoms with Gasteiger partial charge >= 0.3 is 0 Å². The molecule has 0 aliphatic carbocycles. The fourth-order valence-corrected chi connectivity index (χ4v) is 3.92. The molecule has 2 amide bonds. The summed E-state index contributed by atoms with van der Waals surface area (Å²) in [6.45, 7) is 1.67. The Labute approximate surface area is 145 Å². The van der Waals surface area contributed by atoms with Crippen LogP contribution >= 0.6 is 11.6 Å². The van der Waals surface area contributed by atoms with Crippen molar-refractivity contribution >= 4 is 29.1 Å². The van der Waals surface area contributed by atoms with E-state index in [1.54, 1.807) is 24.3 Å². The lowest BCUT2D eigenvalue weighted by molar-refractivity contribution is -0.930. The van der Waals surface area contributed by atoms with Gasteiger partial charge in [0.2, 0.25) is 5.91 Å². The molecule has 0 radical (unpaired) electrons. The van der Waals surface area contributed by atoms with Gasteiger partial charge in [0, 0.05) is 17.0 Å². The number of hydrogen-bond acceptors (Lipinski definition) is 2. The minimum absolute atomic E-state index is 0.114. The summed E-state index contributed by atoms with van der Waals surface area (Å²) in [6.07, 6.45) is 1.21. The van der Waals surface area contributed by atoms with Gasteiger partial charge in [-0.25, -0.2) is 4.90 Å². The first-order valence-electron chi connectivity index (χ1n) is 8.17. The van der Waals surface area contributed by atoms with E-state index >= 15 is 0 Å². The quantitative estimate of drug-likeness (QED) is 0.843. The van der Waals surface area contributed by atoms with Gasteiger partial charge in [0.25, 0.3) is 5.91 Å². The highest BCUT2D eigenvalue weighted by molar-refractivity contribution is 6.31. The number of nitrogens with zero attached hydrogens (tertiary/aromatic N) is 1. The number of hydrogen-bond donors (Lipinski definition) is 1. The molecule has 1 saturated heterocycles. The summed E-state index contributed by atoms with van der Waals surface area (Å²) in [4.78, 5) is 27.8. The smallest absolute Gasteiger partial charge is 0.292 e. The minimum atomic E-state index is -0.301. The molecule has 0 spiro atoms. The highest BCUT2D eigenvalue weighted by Crippen LogP contribution is 2.25. The SMILES string of the molecule is O=C1C[C@H]([NH+]2CCc3ccccc3C2)C(=O)N1c1cccc(Cl)c1. The minimum Gasteiger partial charge on any atom is -0.320 e. The third-order valence-electron chi connectivity index (χ3n) is 4.96. The Morgan fingerprint density at radius 3 is 2.62 bits per heavy atom. The number of fused-ring (bicyclic) bond motifs is 1. The molecule has 2 aliphatic rings. The van der Waals surface area contributed by atoms with Gasteiger partial charge in [0.15, 0.2) is 6.04 Å². The second-order valence-electron chi connectivity index (χ2n) is 6.41. The van der Waals surface area contributed by atoms with Gasteiger partial charge in [0.05, 0.1) is 18.7 Å². The number of imide groups is 1. The number of benzene rings is 2. The van der Waals surface area contributed by atoms with E-state index in [1.807, 2.05) is 6.07 Å². The monoisotopic (exact) mass is 341 g/mol. The Hall–Kier alpha value is -2.17. The average Bonchev–Trinajstić information content (AvgIpc) is 2.89. The largest absolute Gasteiger partial charge is 0.320 e. The van der Waals surface area contributed by atoms with Crippen LogP contribution in [0.25, 0.3) is 0 Å². The molecule has 2 aromatic rings. The molecular weight excluding hydrogens is 324 g/mol. The van der Waals surface area contributed by atoms with Gasteiger partial charge in [-0.2, -0.15) is 0 Å². The van der Waals surface area contributed by atoms with Crippen molar-refractivity contribution in [3.8, 4) is 0 Å². The molecule has 4 nitrogen and oxygen atoms in total. The summed E-state index contributed by atoms with van der Waals surface area (Å²) in [7, 11) is 0. The fraction of sp³-hybridized carbons (Fsp3) is 0.263. The van der Waals surface area contributed by atoms with Crippen LogP contribution in [0.5, 0.6) is 0 Å². The summed E-state index contributed by atoms with van der Waals surface area (Å²) in [5.74, 6) is -0.254. The van der Waals surface area contributed by atoms with Crippen molar-refractivity contribution < 1.29 is 14.5 Å². The number of anilines is 1. The maximum Gasteiger partial charge on any atom is 0.292 e. The van der Waals surface area contributed by atoms with Crippen molar-refractivity contribution in [3.63, 3.8) is 0 Å². The lowest BCUT2D eigenvalue weighted by atomic mass is 9.98. The maximum absolute atomic E-state index is 12.9. The van der Waals surface area contributed by atoms with Gasteiger partial charge in [-0.1, -0.05) is 41.9 Å². The Bertz CT molecular complexity index is 821. The number of carbonyl (C=O) groups is 2. The lowest BCUT2D eigenvalue weighted by Crippen LogP contribution is -3.16. The first-order valence-corrected chi connectivity index (χ1v) is 8.55. The van der Waals surface area contributed by atoms with Crippen LogP contribution in [0.3, 0.4) is 0 Å². The van der Waals surface area contributed by atoms with Crippen molar-refractivity contribution in [2.24, 2.45) is 0 Å². The predicted octanol–water partition coefficient (Wildman–Crippen LogP) is 1.61. The number of amides is 2. The Morgan fingerprint density at radius 1 is 1.04 bits per heavy atom. The normalized spacial score (nSPS) is 23.5. The van der Waals surface area contributed by atoms with E-state index < -0.39 is 0 Å². The first-order chi connectivity index (χ1) is 11.6. The molecule has 2 aromatic carbocycles. The molecule has 0 saturated carbocycles. The number of rotatable bonds is 2. The number of carbonyl (C=O) groups excluding carboxylic acids is 2. The third kappa shape index (κ3) is 2.62. The molecule has 2 atom stereocenters. The average molecular weight is 342 g/mol. The zero-order valence-electron chi connectivity index (χ0n) is 13.2. The molecule has 0 bridgehead atoms. The summed E-state index contributed by atoms with van der Waals surface area (Å²) >= 11 is 6.01. The van der Waals surface area contributed by atoms with Crippen molar-refractivity contribution in [1.82, 2.24) is 0 Å². The van der Waals surface area contributed by atoms with Crippen LogP contribution in [0.4, 0.5) is 5.69 Å². The molecule has 2 heterocycles. The summed E-state index contributed by atoms with van der Waals surface area (Å²) < 4.78 is 0. The zero-order chi connectivity index (χ0) is 16.7. The Kier molecular flexibility index (Phi) is 3.87. The van der Waals surface area contributed by atoms with E-state index in [-0.39, 0.29) is 24.3 Å². The number of quaternary nitrogens is 1. The van der Waals surface area contributed by atoms with Gasteiger partial charge in [0.1, 0.15) is 6.54 Å². The van der Waals surface area contributed by atoms with Crippen molar-refractivity contribution in [2.75, 3.05) is 11.4 Å². The van der Waals surface area contributed by atoms with Crippen LogP contribution in [0.1, 0.15) is 17.5 Å². The van der Waals surface area contributed by atoms with Gasteiger partial charge in [-0.3, -0.25) is 9.59 Å². The second-order valence-corrected chi connectivity index (χ2v) is 6.84. The molecule has 4 rings (SSSR count). The Balaban J connectivity index is 1.58. The molecule has 24 heavy (non-hydrogen) atoms. The molecule has 2 aliphatic heterocycles. The van der Waals surface area contributed by atoms with Crippen LogP contribution in [-0.4, -0.2) is 24.4 Å². The molecular formula is C19H18ClN2O2+. The van der Waals surface area contributed by atoms with Crippen molar-refractivity contribution in [2.45, 2.75) is 25.4 Å². The first kappa shape index (κ1) is 15.4. The summed E-state index contributed by atoms with van der Waals surface area (Å²) in [5.41, 5.74) is 3.20. The molecule has 1 unspecified atom stereocenters. The lowest BCUT2D eigenvalue weighted by Gasteiger charge is -2.29. The molecule has 5 heteroatoms. The molecule has 0 aromatic heterocycles. The van der Waals surface area contributed by atoms with E-state index in [0.717, 1.165) is 19.5 Å². The van der Waals surface area contributed by atoms with Gasteiger partial charge in [-0.05, 0) is 23.8 Å². The van der Waals surface area contributed by atoms with E-state index in [0.29, 0.717) is 10.7 Å². The van der Waals surface area contributed by atoms with E-state index in [2.05, 4.69) is 18.2 Å². The third-order valence-corrected chi connectivity index (χ3v) is 5.19. The van der Waals surface area contributed by atoms with Crippen molar-refractivity contribution in [3.05, 3.63) is 64.7 Å². The maximum atomic E-state index is 12.9. The zero-order valence-corrected chi connectivity index (χ0v) is 13.9. The highest BCUT2D eigenvalue weighted by atomic mass is 35.5. The molecule has 122 valence electrons. The van der Waals surface area contributed by atoms with Crippen LogP contribution < -0.4 is 9.80 Å². The van der Waals surface area contributed by atoms with E-state index in [9.17, 15) is 9.59 Å². The molecule has 1 fully saturated rings. The van der Waals surface area contributed by atoms with Gasteiger partial charge < -0.3 is 4.90 Å². The fourth-order valence-electron chi connectivity index (χ4n) is 3.74. The summed E-state index contributed by atoms with van der Waals surface area (Å²) in [6, 6.07) is 15.0. The van der Waals surface area contributed by atoms with E-state index in [4.69, 9.17) is 11.6 Å². The predicted molar refractivity (Wildman–Crippen MR) is 92.0 cm³/mol. The Morgan fingerprint density at radius 2 is 1.83 bits per heavy atom. The number of nitrogens with one attached hydrogen (secondary N) is 1. The summed E-state index contributed by atoms with van der Waals surface area (Å²) in [5, 5.41) is 0.524. The van der Waals surface area contributed by atoms with E-state index in [1.165, 1.54) is 20.9 Å². The van der Waals surface area contributed by atoms with Crippen LogP contribution in [0, 0.1) is 0 Å². The number of halogens is 1. The van der Waals surface area contributed by atoms with Crippen LogP contribution in [0.2, 0.25) is 5.02 Å². The van der Waals surface area contributed by atoms with Crippen LogP contribution in [-0.2, 0) is 22.6 Å². The standard InChI is InChI=1S/C19H17ClN2O2/c20-15-6-3-7-16(10-15)22-18(23)11-17(19(22)24)21-9-8-13-4-1-2-5-14(13)12-21/h1-7,10,17H,8-9,11-12H2/p+1/t17-/m0/s1.